The molecule has 0 amide bonds. The Bertz CT molecular complexity index is 630. The highest BCUT2D eigenvalue weighted by Crippen LogP contribution is 2.14. The first-order valence-corrected chi connectivity index (χ1v) is 9.58. The maximum absolute atomic E-state index is 10.9. The molecule has 8 nitrogen and oxygen atoms in total. The Balaban J connectivity index is 1.99. The third-order valence-corrected chi connectivity index (χ3v) is 4.65. The van der Waals surface area contributed by atoms with Gasteiger partial charge in [-0.2, -0.15) is 0 Å². The van der Waals surface area contributed by atoms with E-state index in [0.29, 0.717) is 18.5 Å². The highest BCUT2D eigenvalue weighted by atomic mass is 16.6. The number of morpholine rings is 1. The van der Waals surface area contributed by atoms with E-state index in [4.69, 9.17) is 4.74 Å². The van der Waals surface area contributed by atoms with Crippen molar-refractivity contribution in [2.45, 2.75) is 33.4 Å². The van der Waals surface area contributed by atoms with E-state index in [9.17, 15) is 10.1 Å². The van der Waals surface area contributed by atoms with Crippen molar-refractivity contribution in [3.63, 3.8) is 0 Å². The van der Waals surface area contributed by atoms with Crippen molar-refractivity contribution in [3.05, 3.63) is 39.9 Å². The minimum absolute atomic E-state index is 0.0906. The number of ether oxygens (including phenoxy) is 1. The maximum Gasteiger partial charge on any atom is 0.269 e. The first-order chi connectivity index (χ1) is 13.0. The lowest BCUT2D eigenvalue weighted by molar-refractivity contribution is -0.384. The summed E-state index contributed by atoms with van der Waals surface area (Å²) in [5.74, 6) is 1.23. The fourth-order valence-corrected chi connectivity index (χ4v) is 3.18. The van der Waals surface area contributed by atoms with Gasteiger partial charge in [-0.3, -0.25) is 15.0 Å². The van der Waals surface area contributed by atoms with E-state index in [2.05, 4.69) is 34.4 Å². The zero-order chi connectivity index (χ0) is 19.6. The zero-order valence-electron chi connectivity index (χ0n) is 16.5. The summed E-state index contributed by atoms with van der Waals surface area (Å²) in [6.45, 7) is 11.9. The van der Waals surface area contributed by atoms with Gasteiger partial charge < -0.3 is 15.4 Å². The van der Waals surface area contributed by atoms with Crippen molar-refractivity contribution in [1.82, 2.24) is 15.5 Å². The molecule has 1 aliphatic heterocycles. The number of nitro benzene ring substituents is 1. The summed E-state index contributed by atoms with van der Waals surface area (Å²) in [6, 6.07) is 7.00. The summed E-state index contributed by atoms with van der Waals surface area (Å²) in [5.41, 5.74) is 0.905. The first kappa shape index (κ1) is 21.1. The van der Waals surface area contributed by atoms with E-state index < -0.39 is 0 Å². The molecule has 2 N–H and O–H groups in total. The molecule has 0 radical (unpaired) electrons. The summed E-state index contributed by atoms with van der Waals surface area (Å²) in [5, 5.41) is 17.6. The molecule has 2 rings (SSSR count). The standard InChI is InChI=1S/C19H31N5O3/c1-4-20-19(21-13-16-6-5-7-17(12-16)24(25)26)22-14-18(15(2)3)23-8-10-27-11-9-23/h5-7,12,15,18H,4,8-11,13-14H2,1-3H3,(H2,20,21,22). The topological polar surface area (TPSA) is 92.0 Å². The number of hydrogen-bond donors (Lipinski definition) is 2. The van der Waals surface area contributed by atoms with Crippen molar-refractivity contribution in [2.75, 3.05) is 39.4 Å². The summed E-state index contributed by atoms with van der Waals surface area (Å²) in [6.07, 6.45) is 0. The van der Waals surface area contributed by atoms with Crippen LogP contribution in [0.3, 0.4) is 0 Å². The molecule has 1 heterocycles. The van der Waals surface area contributed by atoms with Gasteiger partial charge in [0.25, 0.3) is 5.69 Å². The highest BCUT2D eigenvalue weighted by Gasteiger charge is 2.23. The monoisotopic (exact) mass is 377 g/mol. The number of rotatable bonds is 8. The van der Waals surface area contributed by atoms with Crippen molar-refractivity contribution in [3.8, 4) is 0 Å². The Morgan fingerprint density at radius 1 is 1.33 bits per heavy atom. The lowest BCUT2D eigenvalue weighted by atomic mass is 10.0. The molecule has 0 bridgehead atoms. The number of guanidine groups is 1. The molecule has 1 saturated heterocycles. The van der Waals surface area contributed by atoms with E-state index >= 15 is 0 Å². The Labute approximate surface area is 161 Å². The molecule has 1 unspecified atom stereocenters. The van der Waals surface area contributed by atoms with Crippen molar-refractivity contribution in [2.24, 2.45) is 10.9 Å². The van der Waals surface area contributed by atoms with E-state index in [1.807, 2.05) is 13.0 Å². The van der Waals surface area contributed by atoms with Crippen LogP contribution in [0.2, 0.25) is 0 Å². The third kappa shape index (κ3) is 6.80. The molecule has 0 saturated carbocycles. The molecule has 150 valence electrons. The fourth-order valence-electron chi connectivity index (χ4n) is 3.18. The molecule has 27 heavy (non-hydrogen) atoms. The Hall–Kier alpha value is -2.19. The van der Waals surface area contributed by atoms with Gasteiger partial charge in [-0.05, 0) is 18.4 Å². The minimum Gasteiger partial charge on any atom is -0.379 e. The van der Waals surface area contributed by atoms with Gasteiger partial charge in [-0.25, -0.2) is 4.99 Å². The number of nitrogens with zero attached hydrogens (tertiary/aromatic N) is 3. The van der Waals surface area contributed by atoms with Gasteiger partial charge in [0.2, 0.25) is 0 Å². The lowest BCUT2D eigenvalue weighted by Gasteiger charge is -2.37. The number of aliphatic imine (C=N–C) groups is 1. The van der Waals surface area contributed by atoms with Crippen LogP contribution in [0, 0.1) is 16.0 Å². The van der Waals surface area contributed by atoms with Crippen LogP contribution < -0.4 is 10.6 Å². The Kier molecular flexibility index (Phi) is 8.47. The normalized spacial score (nSPS) is 17.0. The summed E-state index contributed by atoms with van der Waals surface area (Å²) in [4.78, 5) is 17.6. The second-order valence-electron chi connectivity index (χ2n) is 6.96. The van der Waals surface area contributed by atoms with Gasteiger partial charge in [0.05, 0.1) is 24.7 Å². The van der Waals surface area contributed by atoms with Gasteiger partial charge in [0.15, 0.2) is 5.96 Å². The molecule has 1 aliphatic rings. The molecule has 1 atom stereocenters. The molecule has 1 aromatic rings. The lowest BCUT2D eigenvalue weighted by Crippen LogP contribution is -2.52. The smallest absolute Gasteiger partial charge is 0.269 e. The largest absolute Gasteiger partial charge is 0.379 e. The van der Waals surface area contributed by atoms with Crippen LogP contribution in [0.25, 0.3) is 0 Å². The minimum atomic E-state index is -0.383. The number of nitrogens with one attached hydrogen (secondary N) is 2. The predicted octanol–water partition coefficient (Wildman–Crippen LogP) is 2.01. The number of benzene rings is 1. The average molecular weight is 377 g/mol. The van der Waals surface area contributed by atoms with Gasteiger partial charge in [0, 0.05) is 44.4 Å². The Morgan fingerprint density at radius 3 is 2.70 bits per heavy atom. The van der Waals surface area contributed by atoms with Crippen molar-refractivity contribution in [1.29, 1.82) is 0 Å². The molecular formula is C19H31N5O3. The zero-order valence-corrected chi connectivity index (χ0v) is 16.5. The number of hydrogen-bond acceptors (Lipinski definition) is 5. The average Bonchev–Trinajstić information content (AvgIpc) is 2.67. The first-order valence-electron chi connectivity index (χ1n) is 9.58. The van der Waals surface area contributed by atoms with Gasteiger partial charge in [-0.1, -0.05) is 26.0 Å². The summed E-state index contributed by atoms with van der Waals surface area (Å²) >= 11 is 0. The molecule has 0 aromatic heterocycles. The summed E-state index contributed by atoms with van der Waals surface area (Å²) < 4.78 is 5.46. The van der Waals surface area contributed by atoms with Crippen LogP contribution in [0.1, 0.15) is 26.3 Å². The Morgan fingerprint density at radius 2 is 2.07 bits per heavy atom. The highest BCUT2D eigenvalue weighted by molar-refractivity contribution is 5.79. The van der Waals surface area contributed by atoms with Gasteiger partial charge in [0.1, 0.15) is 0 Å². The van der Waals surface area contributed by atoms with Crippen LogP contribution in [0.5, 0.6) is 0 Å². The molecule has 1 aromatic carbocycles. The van der Waals surface area contributed by atoms with Crippen LogP contribution in [0.15, 0.2) is 29.3 Å². The SMILES string of the molecule is CCNC(=NCc1cccc([N+](=O)[O-])c1)NCC(C(C)C)N1CCOCC1. The fraction of sp³-hybridized carbons (Fsp3) is 0.632. The van der Waals surface area contributed by atoms with E-state index in [1.165, 1.54) is 6.07 Å². The second-order valence-corrected chi connectivity index (χ2v) is 6.96. The molecule has 0 aliphatic carbocycles. The summed E-state index contributed by atoms with van der Waals surface area (Å²) in [7, 11) is 0. The van der Waals surface area contributed by atoms with Gasteiger partial charge in [-0.15, -0.1) is 0 Å². The van der Waals surface area contributed by atoms with Crippen molar-refractivity contribution < 1.29 is 9.66 Å². The van der Waals surface area contributed by atoms with Gasteiger partial charge >= 0.3 is 0 Å². The quantitative estimate of drug-likeness (QED) is 0.312. The van der Waals surface area contributed by atoms with Crippen LogP contribution in [-0.2, 0) is 11.3 Å². The number of non-ortho nitro benzene ring substituents is 1. The van der Waals surface area contributed by atoms with E-state index in [0.717, 1.165) is 50.9 Å². The van der Waals surface area contributed by atoms with Crippen LogP contribution in [0.4, 0.5) is 5.69 Å². The second kappa shape index (κ2) is 10.8. The number of nitro groups is 1. The maximum atomic E-state index is 10.9. The molecule has 1 fully saturated rings. The molecule has 0 spiro atoms. The van der Waals surface area contributed by atoms with Crippen LogP contribution in [-0.4, -0.2) is 61.2 Å². The third-order valence-electron chi connectivity index (χ3n) is 4.65. The predicted molar refractivity (Wildman–Crippen MR) is 107 cm³/mol. The van der Waals surface area contributed by atoms with E-state index in [-0.39, 0.29) is 10.6 Å². The molecular weight excluding hydrogens is 346 g/mol. The van der Waals surface area contributed by atoms with Crippen molar-refractivity contribution >= 4 is 11.6 Å². The van der Waals surface area contributed by atoms with Crippen LogP contribution >= 0.6 is 0 Å². The van der Waals surface area contributed by atoms with E-state index in [1.54, 1.807) is 12.1 Å². The molecule has 8 heteroatoms.